The topological polar surface area (TPSA) is 67.3 Å². The van der Waals surface area contributed by atoms with Gasteiger partial charge in [-0.05, 0) is 13.8 Å². The Labute approximate surface area is 75.3 Å². The van der Waals surface area contributed by atoms with E-state index in [1.54, 1.807) is 0 Å². The predicted octanol–water partition coefficient (Wildman–Crippen LogP) is -0.493. The first-order valence-electron chi connectivity index (χ1n) is 4.55. The SMILES string of the molecule is CCN(CC(C)N)NCC(C)N. The zero-order chi connectivity index (χ0) is 9.56. The molecule has 0 radical (unpaired) electrons. The van der Waals surface area contributed by atoms with Crippen molar-refractivity contribution in [2.45, 2.75) is 32.9 Å². The summed E-state index contributed by atoms with van der Waals surface area (Å²) in [5, 5.41) is 2.09. The van der Waals surface area contributed by atoms with E-state index in [1.165, 1.54) is 0 Å². The molecule has 0 saturated heterocycles. The summed E-state index contributed by atoms with van der Waals surface area (Å²) in [4.78, 5) is 0. The molecule has 0 aromatic rings. The molecule has 0 amide bonds. The molecule has 0 fully saturated rings. The molecule has 5 N–H and O–H groups in total. The average molecular weight is 174 g/mol. The lowest BCUT2D eigenvalue weighted by Crippen LogP contribution is -2.47. The molecular formula is C8H22N4. The van der Waals surface area contributed by atoms with Crippen molar-refractivity contribution in [3.8, 4) is 0 Å². The first kappa shape index (κ1) is 11.8. The summed E-state index contributed by atoms with van der Waals surface area (Å²) in [6, 6.07) is 0.387. The number of nitrogens with zero attached hydrogens (tertiary/aromatic N) is 1. The van der Waals surface area contributed by atoms with Gasteiger partial charge in [0.05, 0.1) is 0 Å². The van der Waals surface area contributed by atoms with Gasteiger partial charge < -0.3 is 11.5 Å². The maximum atomic E-state index is 5.66. The van der Waals surface area contributed by atoms with Crippen molar-refractivity contribution in [1.82, 2.24) is 10.4 Å². The highest BCUT2D eigenvalue weighted by atomic mass is 15.5. The lowest BCUT2D eigenvalue weighted by Gasteiger charge is -2.24. The molecular weight excluding hydrogens is 152 g/mol. The summed E-state index contributed by atoms with van der Waals surface area (Å²) in [6.07, 6.45) is 0. The molecule has 0 rings (SSSR count). The smallest absolute Gasteiger partial charge is 0.0280 e. The van der Waals surface area contributed by atoms with Crippen molar-refractivity contribution < 1.29 is 0 Å². The number of hydrogen-bond donors (Lipinski definition) is 3. The minimum absolute atomic E-state index is 0.187. The Morgan fingerprint density at radius 2 is 1.83 bits per heavy atom. The van der Waals surface area contributed by atoms with Crippen molar-refractivity contribution in [3.05, 3.63) is 0 Å². The van der Waals surface area contributed by atoms with Crippen LogP contribution in [0.25, 0.3) is 0 Å². The number of nitrogens with one attached hydrogen (secondary N) is 1. The van der Waals surface area contributed by atoms with E-state index in [1.807, 2.05) is 13.8 Å². The van der Waals surface area contributed by atoms with E-state index < -0.39 is 0 Å². The molecule has 0 bridgehead atoms. The van der Waals surface area contributed by atoms with Crippen LogP contribution in [0.2, 0.25) is 0 Å². The molecule has 2 atom stereocenters. The van der Waals surface area contributed by atoms with Crippen LogP contribution in [0.15, 0.2) is 0 Å². The van der Waals surface area contributed by atoms with Gasteiger partial charge in [0.15, 0.2) is 0 Å². The van der Waals surface area contributed by atoms with Gasteiger partial charge in [-0.1, -0.05) is 6.92 Å². The van der Waals surface area contributed by atoms with Gasteiger partial charge in [0.1, 0.15) is 0 Å². The zero-order valence-corrected chi connectivity index (χ0v) is 8.38. The average Bonchev–Trinajstić information content (AvgIpc) is 1.97. The van der Waals surface area contributed by atoms with Gasteiger partial charge in [-0.15, -0.1) is 0 Å². The number of hydrazine groups is 1. The molecule has 74 valence electrons. The summed E-state index contributed by atoms with van der Waals surface area (Å²) >= 11 is 0. The Bertz CT molecular complexity index is 103. The van der Waals surface area contributed by atoms with Crippen LogP contribution in [-0.2, 0) is 0 Å². The minimum Gasteiger partial charge on any atom is -0.327 e. The second-order valence-corrected chi connectivity index (χ2v) is 3.36. The molecule has 0 saturated carbocycles. The molecule has 12 heavy (non-hydrogen) atoms. The van der Waals surface area contributed by atoms with E-state index in [0.29, 0.717) is 0 Å². The van der Waals surface area contributed by atoms with Crippen LogP contribution in [0.1, 0.15) is 20.8 Å². The standard InChI is InChI=1S/C8H22N4/c1-4-12(6-8(3)10)11-5-7(2)9/h7-8,11H,4-6,9-10H2,1-3H3. The van der Waals surface area contributed by atoms with Crippen LogP contribution in [0.3, 0.4) is 0 Å². The Hall–Kier alpha value is -0.160. The van der Waals surface area contributed by atoms with Crippen molar-refractivity contribution in [2.24, 2.45) is 11.5 Å². The van der Waals surface area contributed by atoms with Gasteiger partial charge in [-0.2, -0.15) is 0 Å². The third-order valence-corrected chi connectivity index (χ3v) is 1.53. The molecule has 0 aliphatic carbocycles. The first-order valence-corrected chi connectivity index (χ1v) is 4.55. The van der Waals surface area contributed by atoms with E-state index in [9.17, 15) is 0 Å². The molecule has 0 aromatic carbocycles. The molecule has 0 aromatic heterocycles. The Kier molecular flexibility index (Phi) is 6.28. The van der Waals surface area contributed by atoms with Crippen molar-refractivity contribution >= 4 is 0 Å². The van der Waals surface area contributed by atoms with Gasteiger partial charge in [0.25, 0.3) is 0 Å². The molecule has 4 heteroatoms. The molecule has 0 heterocycles. The quantitative estimate of drug-likeness (QED) is 0.475. The molecule has 0 spiro atoms. The summed E-state index contributed by atoms with van der Waals surface area (Å²) in [5.41, 5.74) is 14.5. The fraction of sp³-hybridized carbons (Fsp3) is 1.00. The second-order valence-electron chi connectivity index (χ2n) is 3.36. The maximum absolute atomic E-state index is 5.66. The van der Waals surface area contributed by atoms with Gasteiger partial charge in [0, 0.05) is 31.7 Å². The zero-order valence-electron chi connectivity index (χ0n) is 8.38. The predicted molar refractivity (Wildman–Crippen MR) is 52.5 cm³/mol. The summed E-state index contributed by atoms with van der Waals surface area (Å²) in [5.74, 6) is 0. The number of likely N-dealkylation sites (N-methyl/N-ethyl adjacent to an activating group) is 1. The maximum Gasteiger partial charge on any atom is 0.0280 e. The monoisotopic (exact) mass is 174 g/mol. The Balaban J connectivity index is 3.53. The normalized spacial score (nSPS) is 16.5. The molecule has 0 aliphatic heterocycles. The molecule has 0 aliphatic rings. The van der Waals surface area contributed by atoms with E-state index in [2.05, 4.69) is 17.4 Å². The van der Waals surface area contributed by atoms with E-state index in [0.717, 1.165) is 19.6 Å². The second kappa shape index (κ2) is 6.37. The van der Waals surface area contributed by atoms with Crippen LogP contribution >= 0.6 is 0 Å². The summed E-state index contributed by atoms with van der Waals surface area (Å²) < 4.78 is 0. The van der Waals surface area contributed by atoms with Crippen LogP contribution in [0, 0.1) is 0 Å². The Morgan fingerprint density at radius 3 is 2.17 bits per heavy atom. The largest absolute Gasteiger partial charge is 0.327 e. The fourth-order valence-electron chi connectivity index (χ4n) is 0.926. The number of rotatable bonds is 6. The van der Waals surface area contributed by atoms with Crippen LogP contribution in [0.4, 0.5) is 0 Å². The highest BCUT2D eigenvalue weighted by Gasteiger charge is 2.04. The van der Waals surface area contributed by atoms with Gasteiger partial charge in [-0.25, -0.2) is 5.01 Å². The highest BCUT2D eigenvalue weighted by Crippen LogP contribution is 1.85. The molecule has 2 unspecified atom stereocenters. The highest BCUT2D eigenvalue weighted by molar-refractivity contribution is 4.61. The first-order chi connectivity index (χ1) is 5.56. The van der Waals surface area contributed by atoms with Crippen molar-refractivity contribution in [3.63, 3.8) is 0 Å². The number of hydrogen-bond acceptors (Lipinski definition) is 4. The number of nitrogens with two attached hydrogens (primary N) is 2. The minimum atomic E-state index is 0.187. The van der Waals surface area contributed by atoms with Crippen molar-refractivity contribution in [2.75, 3.05) is 19.6 Å². The van der Waals surface area contributed by atoms with E-state index >= 15 is 0 Å². The van der Waals surface area contributed by atoms with Gasteiger partial charge in [0.2, 0.25) is 0 Å². The molecule has 4 nitrogen and oxygen atoms in total. The fourth-order valence-corrected chi connectivity index (χ4v) is 0.926. The summed E-state index contributed by atoms with van der Waals surface area (Å²) in [7, 11) is 0. The van der Waals surface area contributed by atoms with Crippen LogP contribution < -0.4 is 16.9 Å². The third kappa shape index (κ3) is 6.54. The van der Waals surface area contributed by atoms with E-state index in [-0.39, 0.29) is 12.1 Å². The lowest BCUT2D eigenvalue weighted by atomic mass is 10.3. The van der Waals surface area contributed by atoms with E-state index in [4.69, 9.17) is 11.5 Å². The third-order valence-electron chi connectivity index (χ3n) is 1.53. The van der Waals surface area contributed by atoms with Gasteiger partial charge in [-0.3, -0.25) is 5.43 Å². The lowest BCUT2D eigenvalue weighted by molar-refractivity contribution is 0.185. The Morgan fingerprint density at radius 1 is 1.25 bits per heavy atom. The van der Waals surface area contributed by atoms with Crippen LogP contribution in [0.5, 0.6) is 0 Å². The van der Waals surface area contributed by atoms with Gasteiger partial charge >= 0.3 is 0 Å². The van der Waals surface area contributed by atoms with Crippen molar-refractivity contribution in [1.29, 1.82) is 0 Å². The van der Waals surface area contributed by atoms with Crippen LogP contribution in [-0.4, -0.2) is 36.7 Å². The summed E-state index contributed by atoms with van der Waals surface area (Å²) in [6.45, 7) is 8.69.